The summed E-state index contributed by atoms with van der Waals surface area (Å²) >= 11 is 1.52. The zero-order chi connectivity index (χ0) is 17.5. The number of nitrogens with zero attached hydrogens (tertiary/aromatic N) is 1. The minimum absolute atomic E-state index is 0.0223. The predicted molar refractivity (Wildman–Crippen MR) is 97.6 cm³/mol. The van der Waals surface area contributed by atoms with Gasteiger partial charge in [0.15, 0.2) is 0 Å². The number of amides is 2. The van der Waals surface area contributed by atoms with Crippen LogP contribution in [0, 0.1) is 5.92 Å². The summed E-state index contributed by atoms with van der Waals surface area (Å²) in [5.41, 5.74) is 1.70. The molecule has 25 heavy (non-hydrogen) atoms. The highest BCUT2D eigenvalue weighted by molar-refractivity contribution is 7.08. The molecule has 0 atom stereocenters. The van der Waals surface area contributed by atoms with E-state index in [1.165, 1.54) is 11.3 Å². The Kier molecular flexibility index (Phi) is 6.06. The van der Waals surface area contributed by atoms with E-state index in [2.05, 4.69) is 5.32 Å². The first-order valence-corrected chi connectivity index (χ1v) is 9.42. The Hall–Kier alpha value is -2.34. The molecule has 2 amide bonds. The number of benzene rings is 1. The van der Waals surface area contributed by atoms with E-state index < -0.39 is 0 Å². The van der Waals surface area contributed by atoms with Crippen molar-refractivity contribution in [1.29, 1.82) is 0 Å². The highest BCUT2D eigenvalue weighted by Crippen LogP contribution is 2.18. The second kappa shape index (κ2) is 8.67. The minimum Gasteiger partial charge on any atom is -0.445 e. The quantitative estimate of drug-likeness (QED) is 0.889. The molecule has 1 fully saturated rings. The average molecular weight is 358 g/mol. The molecule has 1 aliphatic heterocycles. The van der Waals surface area contributed by atoms with Crippen molar-refractivity contribution in [3.05, 3.63) is 58.3 Å². The van der Waals surface area contributed by atoms with Crippen molar-refractivity contribution >= 4 is 23.3 Å². The lowest BCUT2D eigenvalue weighted by molar-refractivity contribution is 0.0801. The summed E-state index contributed by atoms with van der Waals surface area (Å²) < 4.78 is 5.37. The molecule has 0 radical (unpaired) electrons. The Morgan fingerprint density at radius 1 is 1.16 bits per heavy atom. The van der Waals surface area contributed by atoms with Gasteiger partial charge in [-0.1, -0.05) is 30.3 Å². The van der Waals surface area contributed by atoms with Gasteiger partial charge in [-0.05, 0) is 35.8 Å². The maximum absolute atomic E-state index is 12.1. The maximum Gasteiger partial charge on any atom is 0.410 e. The number of nitrogens with one attached hydrogen (secondary N) is 1. The number of ether oxygens (including phenoxy) is 1. The number of piperidine rings is 1. The van der Waals surface area contributed by atoms with E-state index in [1.54, 1.807) is 4.90 Å². The number of hydrogen-bond acceptors (Lipinski definition) is 4. The summed E-state index contributed by atoms with van der Waals surface area (Å²) in [4.78, 5) is 25.8. The Morgan fingerprint density at radius 2 is 1.92 bits per heavy atom. The van der Waals surface area contributed by atoms with Crippen molar-refractivity contribution < 1.29 is 14.3 Å². The molecule has 0 bridgehead atoms. The molecule has 2 heterocycles. The van der Waals surface area contributed by atoms with Gasteiger partial charge in [-0.3, -0.25) is 4.79 Å². The summed E-state index contributed by atoms with van der Waals surface area (Å²) in [7, 11) is 0. The third kappa shape index (κ3) is 5.06. The van der Waals surface area contributed by atoms with Gasteiger partial charge < -0.3 is 15.0 Å². The molecular weight excluding hydrogens is 336 g/mol. The van der Waals surface area contributed by atoms with Crippen molar-refractivity contribution in [2.75, 3.05) is 19.6 Å². The average Bonchev–Trinajstić information content (AvgIpc) is 3.20. The first-order chi connectivity index (χ1) is 12.2. The van der Waals surface area contributed by atoms with Crippen molar-refractivity contribution in [2.45, 2.75) is 19.4 Å². The van der Waals surface area contributed by atoms with Crippen molar-refractivity contribution in [2.24, 2.45) is 5.92 Å². The van der Waals surface area contributed by atoms with Gasteiger partial charge in [0, 0.05) is 30.6 Å². The number of likely N-dealkylation sites (tertiary alicyclic amines) is 1. The topological polar surface area (TPSA) is 58.6 Å². The first-order valence-electron chi connectivity index (χ1n) is 8.48. The smallest absolute Gasteiger partial charge is 0.410 e. The van der Waals surface area contributed by atoms with Crippen LogP contribution < -0.4 is 5.32 Å². The van der Waals surface area contributed by atoms with Crippen LogP contribution >= 0.6 is 11.3 Å². The lowest BCUT2D eigenvalue weighted by Crippen LogP contribution is -2.41. The van der Waals surface area contributed by atoms with Crippen LogP contribution in [0.15, 0.2) is 47.2 Å². The van der Waals surface area contributed by atoms with E-state index in [-0.39, 0.29) is 12.0 Å². The summed E-state index contributed by atoms with van der Waals surface area (Å²) in [6, 6.07) is 11.5. The van der Waals surface area contributed by atoms with Crippen LogP contribution in [0.5, 0.6) is 0 Å². The maximum atomic E-state index is 12.1. The molecule has 0 aliphatic carbocycles. The van der Waals surface area contributed by atoms with Gasteiger partial charge in [-0.15, -0.1) is 0 Å². The fraction of sp³-hybridized carbons (Fsp3) is 0.368. The molecule has 0 saturated carbocycles. The third-order valence-electron chi connectivity index (χ3n) is 4.41. The highest BCUT2D eigenvalue weighted by Gasteiger charge is 2.24. The standard InChI is InChI=1S/C19H22N2O3S/c22-18(17-8-11-25-14-17)20-12-15-6-9-21(10-7-15)19(23)24-13-16-4-2-1-3-5-16/h1-5,8,11,14-15H,6-7,9-10,12-13H2,(H,20,22). The fourth-order valence-corrected chi connectivity index (χ4v) is 3.50. The van der Waals surface area contributed by atoms with E-state index in [4.69, 9.17) is 4.74 Å². The highest BCUT2D eigenvalue weighted by atomic mass is 32.1. The molecule has 3 rings (SSSR count). The van der Waals surface area contributed by atoms with Gasteiger partial charge in [-0.25, -0.2) is 4.79 Å². The SMILES string of the molecule is O=C(NCC1CCN(C(=O)OCc2ccccc2)CC1)c1ccsc1. The van der Waals surface area contributed by atoms with Gasteiger partial charge in [0.25, 0.3) is 5.91 Å². The molecular formula is C19H22N2O3S. The molecule has 132 valence electrons. The molecule has 1 saturated heterocycles. The monoisotopic (exact) mass is 358 g/mol. The van der Waals surface area contributed by atoms with Crippen molar-refractivity contribution in [3.63, 3.8) is 0 Å². The van der Waals surface area contributed by atoms with Crippen LogP contribution in [0.2, 0.25) is 0 Å². The summed E-state index contributed by atoms with van der Waals surface area (Å²) in [6.45, 7) is 2.30. The van der Waals surface area contributed by atoms with Crippen molar-refractivity contribution in [1.82, 2.24) is 10.2 Å². The fourth-order valence-electron chi connectivity index (χ4n) is 2.86. The molecule has 1 N–H and O–H groups in total. The lowest BCUT2D eigenvalue weighted by Gasteiger charge is -2.31. The zero-order valence-electron chi connectivity index (χ0n) is 14.0. The second-order valence-electron chi connectivity index (χ2n) is 6.19. The molecule has 0 spiro atoms. The van der Waals surface area contributed by atoms with Gasteiger partial charge in [0.05, 0.1) is 0 Å². The Labute approximate surface area is 151 Å². The first kappa shape index (κ1) is 17.5. The molecule has 1 aromatic heterocycles. The number of carbonyl (C=O) groups excluding carboxylic acids is 2. The number of carbonyl (C=O) groups is 2. The van der Waals surface area contributed by atoms with Crippen LogP contribution in [0.4, 0.5) is 4.79 Å². The molecule has 1 aromatic carbocycles. The molecule has 5 nitrogen and oxygen atoms in total. The van der Waals surface area contributed by atoms with Gasteiger partial charge in [0.1, 0.15) is 6.61 Å². The van der Waals surface area contributed by atoms with E-state index >= 15 is 0 Å². The van der Waals surface area contributed by atoms with E-state index in [0.717, 1.165) is 18.4 Å². The molecule has 2 aromatic rings. The summed E-state index contributed by atoms with van der Waals surface area (Å²) in [5.74, 6) is 0.381. The van der Waals surface area contributed by atoms with Crippen LogP contribution in [-0.2, 0) is 11.3 Å². The van der Waals surface area contributed by atoms with E-state index in [1.807, 2.05) is 47.2 Å². The van der Waals surface area contributed by atoms with E-state index in [0.29, 0.717) is 37.7 Å². The third-order valence-corrected chi connectivity index (χ3v) is 5.10. The zero-order valence-corrected chi connectivity index (χ0v) is 14.8. The normalized spacial score (nSPS) is 15.0. The number of rotatable bonds is 5. The van der Waals surface area contributed by atoms with E-state index in [9.17, 15) is 9.59 Å². The Morgan fingerprint density at radius 3 is 2.60 bits per heavy atom. The van der Waals surface area contributed by atoms with Crippen LogP contribution in [-0.4, -0.2) is 36.5 Å². The van der Waals surface area contributed by atoms with Crippen LogP contribution in [0.25, 0.3) is 0 Å². The largest absolute Gasteiger partial charge is 0.445 e. The minimum atomic E-state index is -0.260. The van der Waals surface area contributed by atoms with Crippen molar-refractivity contribution in [3.8, 4) is 0 Å². The Bertz CT molecular complexity index is 680. The molecule has 6 heteroatoms. The molecule has 1 aliphatic rings. The van der Waals surface area contributed by atoms with Crippen LogP contribution in [0.1, 0.15) is 28.8 Å². The van der Waals surface area contributed by atoms with Gasteiger partial charge in [-0.2, -0.15) is 11.3 Å². The van der Waals surface area contributed by atoms with Crippen LogP contribution in [0.3, 0.4) is 0 Å². The number of hydrogen-bond donors (Lipinski definition) is 1. The predicted octanol–water partition coefficient (Wildman–Crippen LogP) is 3.53. The lowest BCUT2D eigenvalue weighted by atomic mass is 9.97. The Balaban J connectivity index is 1.36. The van der Waals surface area contributed by atoms with Gasteiger partial charge >= 0.3 is 6.09 Å². The number of thiophene rings is 1. The summed E-state index contributed by atoms with van der Waals surface area (Å²) in [5, 5.41) is 6.72. The summed E-state index contributed by atoms with van der Waals surface area (Å²) in [6.07, 6.45) is 1.50. The van der Waals surface area contributed by atoms with Gasteiger partial charge in [0.2, 0.25) is 0 Å². The molecule has 0 unspecified atom stereocenters. The second-order valence-corrected chi connectivity index (χ2v) is 6.97.